The van der Waals surface area contributed by atoms with Crippen molar-refractivity contribution >= 4 is 88.8 Å². The van der Waals surface area contributed by atoms with Gasteiger partial charge < -0.3 is 9.31 Å². The van der Waals surface area contributed by atoms with Crippen molar-refractivity contribution in [2.24, 2.45) is 0 Å². The van der Waals surface area contributed by atoms with Crippen LogP contribution in [0.3, 0.4) is 0 Å². The van der Waals surface area contributed by atoms with Gasteiger partial charge in [0.25, 0.3) is 0 Å². The van der Waals surface area contributed by atoms with Crippen molar-refractivity contribution in [2.75, 3.05) is 0 Å². The number of rotatable bonds is 10. The molecule has 0 amide bonds. The Morgan fingerprint density at radius 1 is 0.217 bits per heavy atom. The van der Waals surface area contributed by atoms with Crippen LogP contribution in [0.4, 0.5) is 0 Å². The SMILES string of the molecule is CC1(C)OB(c2ccccc2-c2ccccc2-c2ccc3c4ccccc4c4ccccc4c3c2)OC1(C)C.Clc1nc(-c2ccccc2)nc(-c2ccccc2)n1.c1ccc(-c2nc(-c3ccccc3)nc(-c3ccccc3-c3ccccc3-c3ccc4c5ccccc5c5ccccc5c4c3)n2)cc1. The summed E-state index contributed by atoms with van der Waals surface area (Å²) in [5.74, 6) is 3.11. The molecule has 8 nitrogen and oxygen atoms in total. The molecule has 1 aliphatic heterocycles. The van der Waals surface area contributed by atoms with E-state index < -0.39 is 18.3 Å². The van der Waals surface area contributed by atoms with Crippen LogP contribution in [0.5, 0.6) is 0 Å². The summed E-state index contributed by atoms with van der Waals surface area (Å²) in [5, 5.41) is 15.5. The second kappa shape index (κ2) is 28.5. The maximum atomic E-state index is 6.48. The summed E-state index contributed by atoms with van der Waals surface area (Å²) in [4.78, 5) is 27.9. The fraction of sp³-hybridized carbons (Fsp3) is 0.0625. The zero-order valence-electron chi connectivity index (χ0n) is 58.9. The second-order valence-electron chi connectivity index (χ2n) is 27.5. The minimum Gasteiger partial charge on any atom is -0.399 e. The van der Waals surface area contributed by atoms with Crippen molar-refractivity contribution in [3.05, 3.63) is 357 Å². The molecule has 0 aliphatic carbocycles. The Hall–Kier alpha value is -12.6. The highest BCUT2D eigenvalue weighted by Crippen LogP contribution is 2.44. The Bertz CT molecular complexity index is 6120. The molecular formula is C96H70BClN6O2. The van der Waals surface area contributed by atoms with Crippen LogP contribution in [0.15, 0.2) is 352 Å². The lowest BCUT2D eigenvalue weighted by atomic mass is 9.73. The predicted octanol–water partition coefficient (Wildman–Crippen LogP) is 24.3. The van der Waals surface area contributed by atoms with E-state index in [2.05, 4.69) is 273 Å². The van der Waals surface area contributed by atoms with Gasteiger partial charge in [0, 0.05) is 27.8 Å². The molecule has 3 heterocycles. The van der Waals surface area contributed by atoms with E-state index in [0.717, 1.165) is 55.5 Å². The van der Waals surface area contributed by atoms with E-state index >= 15 is 0 Å². The molecule has 106 heavy (non-hydrogen) atoms. The summed E-state index contributed by atoms with van der Waals surface area (Å²) < 4.78 is 13.0. The van der Waals surface area contributed by atoms with Crippen LogP contribution < -0.4 is 5.46 Å². The molecule has 1 aliphatic rings. The van der Waals surface area contributed by atoms with Gasteiger partial charge in [0.05, 0.1) is 11.2 Å². The molecule has 0 radical (unpaired) electrons. The first-order chi connectivity index (χ1) is 52.0. The summed E-state index contributed by atoms with van der Waals surface area (Å²) in [6.07, 6.45) is 0. The molecule has 19 rings (SSSR count). The number of hydrogen-bond donors (Lipinski definition) is 0. The van der Waals surface area contributed by atoms with Gasteiger partial charge in [-0.3, -0.25) is 0 Å². The molecule has 0 unspecified atom stereocenters. The van der Waals surface area contributed by atoms with Crippen LogP contribution in [-0.4, -0.2) is 48.2 Å². The topological polar surface area (TPSA) is 95.8 Å². The minimum atomic E-state index is -0.425. The van der Waals surface area contributed by atoms with E-state index in [1.54, 1.807) is 0 Å². The maximum Gasteiger partial charge on any atom is 0.495 e. The molecule has 0 N–H and O–H groups in total. The first-order valence-electron chi connectivity index (χ1n) is 35.8. The van der Waals surface area contributed by atoms with E-state index in [4.69, 9.17) is 35.9 Å². The number of halogens is 1. The Morgan fingerprint density at radius 2 is 0.462 bits per heavy atom. The number of nitrogens with zero attached hydrogens (tertiary/aromatic N) is 6. The molecule has 10 heteroatoms. The second-order valence-corrected chi connectivity index (χ2v) is 27.9. The van der Waals surface area contributed by atoms with Gasteiger partial charge in [-0.05, 0) is 166 Å². The highest BCUT2D eigenvalue weighted by atomic mass is 35.5. The quantitative estimate of drug-likeness (QED) is 0.0987. The van der Waals surface area contributed by atoms with Crippen LogP contribution in [-0.2, 0) is 9.31 Å². The smallest absolute Gasteiger partial charge is 0.399 e. The lowest BCUT2D eigenvalue weighted by Crippen LogP contribution is -2.41. The van der Waals surface area contributed by atoms with Crippen molar-refractivity contribution < 1.29 is 9.31 Å². The molecule has 16 aromatic carbocycles. The third kappa shape index (κ3) is 12.9. The number of benzene rings is 16. The summed E-state index contributed by atoms with van der Waals surface area (Å²) in [5.41, 5.74) is 14.2. The Morgan fingerprint density at radius 3 is 0.821 bits per heavy atom. The van der Waals surface area contributed by atoms with Crippen LogP contribution in [0.25, 0.3) is 166 Å². The Balaban J connectivity index is 0.000000127. The highest BCUT2D eigenvalue weighted by molar-refractivity contribution is 6.64. The normalized spacial score (nSPS) is 13.0. The minimum absolute atomic E-state index is 0.202. The van der Waals surface area contributed by atoms with Gasteiger partial charge >= 0.3 is 7.12 Å². The average molecular weight is 1390 g/mol. The van der Waals surface area contributed by atoms with Gasteiger partial charge in [-0.25, -0.2) is 19.9 Å². The summed E-state index contributed by atoms with van der Waals surface area (Å²) in [6, 6.07) is 123. The molecule has 506 valence electrons. The van der Waals surface area contributed by atoms with E-state index in [9.17, 15) is 0 Å². The largest absolute Gasteiger partial charge is 0.495 e. The molecule has 1 fully saturated rings. The summed E-state index contributed by atoms with van der Waals surface area (Å²) in [7, 11) is -0.425. The Labute approximate surface area is 621 Å². The lowest BCUT2D eigenvalue weighted by Gasteiger charge is -2.32. The maximum absolute atomic E-state index is 6.48. The van der Waals surface area contributed by atoms with Crippen LogP contribution >= 0.6 is 11.6 Å². The highest BCUT2D eigenvalue weighted by Gasteiger charge is 2.52. The number of aromatic nitrogens is 6. The van der Waals surface area contributed by atoms with Crippen LogP contribution in [0.2, 0.25) is 5.28 Å². The van der Waals surface area contributed by atoms with Crippen LogP contribution in [0, 0.1) is 0 Å². The van der Waals surface area contributed by atoms with Crippen molar-refractivity contribution in [3.63, 3.8) is 0 Å². The average Bonchev–Trinajstić information content (AvgIpc) is 1.08. The lowest BCUT2D eigenvalue weighted by molar-refractivity contribution is 0.00578. The number of hydrogen-bond acceptors (Lipinski definition) is 8. The molecule has 0 bridgehead atoms. The van der Waals surface area contributed by atoms with Crippen molar-refractivity contribution in [1.29, 1.82) is 0 Å². The standard InChI is InChI=1S/C45H29N3.C36H31BO2.C15H10ClN3/c1-3-15-30(16-4-1)43-46-44(31-17-5-2-6-18-31)48-45(47-43)41-26-14-13-24-38(41)34-20-8-7-19-33(34)32-27-28-40-37-23-10-9-21-35(37)36-22-11-12-25-39(36)42(40)29-32;1-35(2)36(3,4)39-37(38-35)34-20-12-11-19-32(34)26-14-6-5-13-25(26)24-21-22-31-29-17-8-7-15-27(29)28-16-9-10-18-30(28)33(31)23-24;16-15-18-13(11-7-3-1-4-8-11)17-14(19-15)12-9-5-2-6-10-12/h1-29H;5-23H,1-4H3;1-10H. The fourth-order valence-electron chi connectivity index (χ4n) is 14.6. The Kier molecular flexibility index (Phi) is 17.9. The third-order valence-corrected chi connectivity index (χ3v) is 20.7. The molecule has 0 atom stereocenters. The fourth-order valence-corrected chi connectivity index (χ4v) is 14.8. The number of fused-ring (bicyclic) bond motifs is 12. The first-order valence-corrected chi connectivity index (χ1v) is 36.2. The van der Waals surface area contributed by atoms with Crippen molar-refractivity contribution in [2.45, 2.75) is 38.9 Å². The van der Waals surface area contributed by atoms with Crippen LogP contribution in [0.1, 0.15) is 27.7 Å². The zero-order chi connectivity index (χ0) is 71.7. The summed E-state index contributed by atoms with van der Waals surface area (Å²) >= 11 is 5.99. The first kappa shape index (κ1) is 66.6. The van der Waals surface area contributed by atoms with Gasteiger partial charge in [0.2, 0.25) is 5.28 Å². The molecular weight excluding hydrogens is 1320 g/mol. The van der Waals surface area contributed by atoms with Gasteiger partial charge in [-0.2, -0.15) is 9.97 Å². The third-order valence-electron chi connectivity index (χ3n) is 20.6. The molecule has 18 aromatic rings. The van der Waals surface area contributed by atoms with Crippen molar-refractivity contribution in [3.8, 4) is 101 Å². The van der Waals surface area contributed by atoms with Crippen molar-refractivity contribution in [1.82, 2.24) is 29.9 Å². The predicted molar refractivity (Wildman–Crippen MR) is 441 cm³/mol. The van der Waals surface area contributed by atoms with Gasteiger partial charge in [0.15, 0.2) is 29.1 Å². The summed E-state index contributed by atoms with van der Waals surface area (Å²) in [6.45, 7) is 8.42. The molecule has 0 saturated carbocycles. The van der Waals surface area contributed by atoms with E-state index in [-0.39, 0.29) is 5.28 Å². The van der Waals surface area contributed by atoms with E-state index in [1.807, 2.05) is 121 Å². The zero-order valence-corrected chi connectivity index (χ0v) is 59.7. The molecule has 2 aromatic heterocycles. The van der Waals surface area contributed by atoms with Gasteiger partial charge in [-0.15, -0.1) is 0 Å². The van der Waals surface area contributed by atoms with E-state index in [0.29, 0.717) is 29.1 Å². The molecule has 0 spiro atoms. The van der Waals surface area contributed by atoms with Gasteiger partial charge in [-0.1, -0.05) is 340 Å². The monoisotopic (exact) mass is 1380 g/mol. The molecule has 1 saturated heterocycles. The van der Waals surface area contributed by atoms with Gasteiger partial charge in [0.1, 0.15) is 0 Å². The van der Waals surface area contributed by atoms with E-state index in [1.165, 1.54) is 86.9 Å².